The Morgan fingerprint density at radius 1 is 1.20 bits per heavy atom. The molecule has 0 saturated heterocycles. The summed E-state index contributed by atoms with van der Waals surface area (Å²) >= 11 is 6.74. The van der Waals surface area contributed by atoms with Crippen molar-refractivity contribution in [2.75, 3.05) is 32.0 Å². The lowest BCUT2D eigenvalue weighted by atomic mass is 10.2. The van der Waals surface area contributed by atoms with Crippen molar-refractivity contribution in [3.8, 4) is 0 Å². The molecule has 2 amide bonds. The molecule has 1 aromatic rings. The zero-order chi connectivity index (χ0) is 19.0. The van der Waals surface area contributed by atoms with Gasteiger partial charge in [0.1, 0.15) is 4.32 Å². The second-order valence-corrected chi connectivity index (χ2v) is 7.78. The molecule has 1 rings (SSSR count). The van der Waals surface area contributed by atoms with E-state index in [1.165, 1.54) is 16.7 Å². The lowest BCUT2D eigenvalue weighted by Gasteiger charge is -2.25. The molecule has 0 fully saturated rings. The molecule has 0 unspecified atom stereocenters. The van der Waals surface area contributed by atoms with Crippen LogP contribution in [0, 0.1) is 6.92 Å². The highest BCUT2D eigenvalue weighted by Crippen LogP contribution is 2.18. The molecule has 5 nitrogen and oxygen atoms in total. The zero-order valence-electron chi connectivity index (χ0n) is 15.5. The Morgan fingerprint density at radius 3 is 2.28 bits per heavy atom. The van der Waals surface area contributed by atoms with Crippen molar-refractivity contribution in [3.63, 3.8) is 0 Å². The third-order valence-corrected chi connectivity index (χ3v) is 5.30. The van der Waals surface area contributed by atoms with Crippen LogP contribution < -0.4 is 5.32 Å². The quantitative estimate of drug-likeness (QED) is 0.736. The van der Waals surface area contributed by atoms with E-state index < -0.39 is 0 Å². The van der Waals surface area contributed by atoms with Gasteiger partial charge in [-0.1, -0.05) is 41.7 Å². The summed E-state index contributed by atoms with van der Waals surface area (Å²) in [5.74, 6) is -0.332. The molecule has 25 heavy (non-hydrogen) atoms. The minimum absolute atomic E-state index is 0.00956. The number of likely N-dealkylation sites (N-methyl/N-ethyl adjacent to an activating group) is 1. The number of aryl methyl sites for hydroxylation is 1. The van der Waals surface area contributed by atoms with Crippen molar-refractivity contribution in [1.82, 2.24) is 9.80 Å². The van der Waals surface area contributed by atoms with Gasteiger partial charge in [0, 0.05) is 25.8 Å². The fourth-order valence-electron chi connectivity index (χ4n) is 2.20. The summed E-state index contributed by atoms with van der Waals surface area (Å²) in [5.41, 5.74) is 1.85. The van der Waals surface area contributed by atoms with Gasteiger partial charge in [-0.3, -0.25) is 9.59 Å². The number of benzene rings is 1. The molecule has 7 heteroatoms. The molecule has 0 radical (unpaired) electrons. The molecule has 0 aliphatic carbocycles. The number of nitrogens with zero attached hydrogens (tertiary/aromatic N) is 2. The smallest absolute Gasteiger partial charge is 0.243 e. The number of hydrogen-bond donors (Lipinski definition) is 1. The first-order valence-electron chi connectivity index (χ1n) is 8.35. The van der Waals surface area contributed by atoms with E-state index in [1.54, 1.807) is 7.05 Å². The molecule has 0 saturated carbocycles. The van der Waals surface area contributed by atoms with E-state index in [-0.39, 0.29) is 23.6 Å². The van der Waals surface area contributed by atoms with Crippen molar-refractivity contribution in [3.05, 3.63) is 29.8 Å². The van der Waals surface area contributed by atoms with E-state index >= 15 is 0 Å². The molecular weight excluding hydrogens is 354 g/mol. The van der Waals surface area contributed by atoms with Gasteiger partial charge in [-0.15, -0.1) is 0 Å². The second kappa shape index (κ2) is 10.4. The van der Waals surface area contributed by atoms with Gasteiger partial charge in [0.25, 0.3) is 0 Å². The van der Waals surface area contributed by atoms with Gasteiger partial charge in [-0.25, -0.2) is 0 Å². The lowest BCUT2D eigenvalue weighted by molar-refractivity contribution is -0.132. The molecule has 0 bridgehead atoms. The van der Waals surface area contributed by atoms with Gasteiger partial charge in [-0.05, 0) is 39.8 Å². The van der Waals surface area contributed by atoms with Crippen LogP contribution in [-0.2, 0) is 9.59 Å². The predicted octanol–water partition coefficient (Wildman–Crippen LogP) is 3.14. The van der Waals surface area contributed by atoms with Gasteiger partial charge < -0.3 is 15.1 Å². The second-order valence-electron chi connectivity index (χ2n) is 5.81. The molecule has 0 heterocycles. The standard InChI is InChI=1S/C18H27N3O2S2/c1-6-21(7-2)18(24)25-14(4)17(23)20(5)12-16(22)19-15-10-8-13(3)9-11-15/h8-11,14H,6-7,12H2,1-5H3,(H,19,22)/t14-/m0/s1. The van der Waals surface area contributed by atoms with Crippen molar-refractivity contribution in [1.29, 1.82) is 0 Å². The molecular formula is C18H27N3O2S2. The van der Waals surface area contributed by atoms with Gasteiger partial charge in [0.15, 0.2) is 0 Å². The number of thioether (sulfide) groups is 1. The molecule has 1 N–H and O–H groups in total. The van der Waals surface area contributed by atoms with E-state index in [4.69, 9.17) is 12.2 Å². The van der Waals surface area contributed by atoms with Gasteiger partial charge in [0.05, 0.1) is 11.8 Å². The number of amides is 2. The van der Waals surface area contributed by atoms with Crippen LogP contribution in [0.25, 0.3) is 0 Å². The maximum atomic E-state index is 12.5. The maximum absolute atomic E-state index is 12.5. The van der Waals surface area contributed by atoms with Gasteiger partial charge >= 0.3 is 0 Å². The van der Waals surface area contributed by atoms with Gasteiger partial charge in [-0.2, -0.15) is 0 Å². The number of hydrogen-bond acceptors (Lipinski definition) is 4. The van der Waals surface area contributed by atoms with Crippen LogP contribution in [0.2, 0.25) is 0 Å². The summed E-state index contributed by atoms with van der Waals surface area (Å²) in [6, 6.07) is 7.54. The average molecular weight is 382 g/mol. The van der Waals surface area contributed by atoms with Crippen LogP contribution in [0.3, 0.4) is 0 Å². The Labute approximate surface area is 160 Å². The zero-order valence-corrected chi connectivity index (χ0v) is 17.2. The van der Waals surface area contributed by atoms with E-state index in [0.29, 0.717) is 4.32 Å². The van der Waals surface area contributed by atoms with E-state index in [2.05, 4.69) is 5.32 Å². The summed E-state index contributed by atoms with van der Waals surface area (Å²) < 4.78 is 0.711. The van der Waals surface area contributed by atoms with Crippen LogP contribution in [0.5, 0.6) is 0 Å². The molecule has 1 atom stereocenters. The lowest BCUT2D eigenvalue weighted by Crippen LogP contribution is -2.40. The minimum Gasteiger partial charge on any atom is -0.358 e. The largest absolute Gasteiger partial charge is 0.358 e. The summed E-state index contributed by atoms with van der Waals surface area (Å²) in [7, 11) is 1.63. The van der Waals surface area contributed by atoms with E-state index in [0.717, 1.165) is 24.3 Å². The molecule has 1 aromatic carbocycles. The van der Waals surface area contributed by atoms with Gasteiger partial charge in [0.2, 0.25) is 11.8 Å². The normalized spacial score (nSPS) is 11.6. The number of carbonyl (C=O) groups is 2. The Bertz CT molecular complexity index is 601. The summed E-state index contributed by atoms with van der Waals surface area (Å²) in [6.45, 7) is 9.51. The fourth-order valence-corrected chi connectivity index (χ4v) is 3.88. The fraction of sp³-hybridized carbons (Fsp3) is 0.500. The average Bonchev–Trinajstić information content (AvgIpc) is 2.57. The molecule has 0 aliphatic rings. The summed E-state index contributed by atoms with van der Waals surface area (Å²) in [6.07, 6.45) is 0. The number of anilines is 1. The van der Waals surface area contributed by atoms with Crippen molar-refractivity contribution in [2.24, 2.45) is 0 Å². The molecule has 138 valence electrons. The Balaban J connectivity index is 2.53. The first-order valence-corrected chi connectivity index (χ1v) is 9.64. The summed E-state index contributed by atoms with van der Waals surface area (Å²) in [4.78, 5) is 28.0. The Morgan fingerprint density at radius 2 is 1.76 bits per heavy atom. The molecule has 0 spiro atoms. The number of carbonyl (C=O) groups excluding carboxylic acids is 2. The van der Waals surface area contributed by atoms with Crippen LogP contribution in [0.15, 0.2) is 24.3 Å². The SMILES string of the molecule is CCN(CC)C(=S)S[C@@H](C)C(=O)N(C)CC(=O)Nc1ccc(C)cc1. The number of nitrogens with one attached hydrogen (secondary N) is 1. The Kier molecular flexibility index (Phi) is 8.92. The van der Waals surface area contributed by atoms with Crippen LogP contribution in [-0.4, -0.2) is 57.9 Å². The summed E-state index contributed by atoms with van der Waals surface area (Å²) in [5, 5.41) is 2.47. The molecule has 0 aromatic heterocycles. The third kappa shape index (κ3) is 7.04. The highest BCUT2D eigenvalue weighted by atomic mass is 32.2. The van der Waals surface area contributed by atoms with Crippen molar-refractivity contribution < 1.29 is 9.59 Å². The predicted molar refractivity (Wildman–Crippen MR) is 110 cm³/mol. The van der Waals surface area contributed by atoms with Crippen LogP contribution >= 0.6 is 24.0 Å². The van der Waals surface area contributed by atoms with E-state index in [9.17, 15) is 9.59 Å². The third-order valence-electron chi connectivity index (χ3n) is 3.74. The Hall–Kier alpha value is -1.60. The van der Waals surface area contributed by atoms with Crippen molar-refractivity contribution >= 4 is 45.8 Å². The highest BCUT2D eigenvalue weighted by Gasteiger charge is 2.22. The number of thiocarbonyl (C=S) groups is 1. The number of rotatable bonds is 7. The topological polar surface area (TPSA) is 52.7 Å². The van der Waals surface area contributed by atoms with Crippen LogP contribution in [0.4, 0.5) is 5.69 Å². The first-order chi connectivity index (χ1) is 11.8. The highest BCUT2D eigenvalue weighted by molar-refractivity contribution is 8.23. The molecule has 0 aliphatic heterocycles. The first kappa shape index (κ1) is 21.4. The van der Waals surface area contributed by atoms with E-state index in [1.807, 2.05) is 56.9 Å². The monoisotopic (exact) mass is 381 g/mol. The van der Waals surface area contributed by atoms with Crippen LogP contribution in [0.1, 0.15) is 26.3 Å². The van der Waals surface area contributed by atoms with Crippen molar-refractivity contribution in [2.45, 2.75) is 32.9 Å². The minimum atomic E-state index is -0.328. The maximum Gasteiger partial charge on any atom is 0.243 e.